The molecule has 0 fully saturated rings. The molecule has 0 spiro atoms. The topological polar surface area (TPSA) is 60.0 Å². The molecule has 0 atom stereocenters. The van der Waals surface area contributed by atoms with Gasteiger partial charge in [0.25, 0.3) is 0 Å². The van der Waals surface area contributed by atoms with E-state index in [4.69, 9.17) is 5.73 Å². The van der Waals surface area contributed by atoms with Crippen molar-refractivity contribution < 1.29 is 0 Å². The molecule has 0 aliphatic carbocycles. The van der Waals surface area contributed by atoms with Gasteiger partial charge in [0.05, 0.1) is 6.54 Å². The Balaban J connectivity index is 2.54. The van der Waals surface area contributed by atoms with E-state index in [1.807, 2.05) is 4.68 Å². The predicted molar refractivity (Wildman–Crippen MR) is 64.9 cm³/mol. The summed E-state index contributed by atoms with van der Waals surface area (Å²) >= 11 is 0. The molecule has 0 bridgehead atoms. The van der Waals surface area contributed by atoms with Crippen LogP contribution in [-0.2, 0) is 13.1 Å². The summed E-state index contributed by atoms with van der Waals surface area (Å²) in [6, 6.07) is 0. The highest BCUT2D eigenvalue weighted by Crippen LogP contribution is 2.14. The van der Waals surface area contributed by atoms with E-state index < -0.39 is 0 Å². The summed E-state index contributed by atoms with van der Waals surface area (Å²) in [6.07, 6.45) is 1.61. The van der Waals surface area contributed by atoms with Crippen LogP contribution in [0.4, 0.5) is 0 Å². The van der Waals surface area contributed by atoms with Crippen LogP contribution in [0.15, 0.2) is 6.33 Å². The number of nitrogens with zero attached hydrogens (tertiary/aromatic N) is 4. The Bertz CT molecular complexity index is 318. The van der Waals surface area contributed by atoms with Crippen LogP contribution in [0.25, 0.3) is 0 Å². The van der Waals surface area contributed by atoms with Gasteiger partial charge in [0, 0.05) is 13.1 Å². The first-order chi connectivity index (χ1) is 7.48. The minimum absolute atomic E-state index is 0.145. The first-order valence-corrected chi connectivity index (χ1v) is 5.74. The molecule has 1 aromatic heterocycles. The minimum Gasteiger partial charge on any atom is -0.330 e. The summed E-state index contributed by atoms with van der Waals surface area (Å²) in [6.45, 7) is 9.75. The monoisotopic (exact) mass is 225 g/mol. The number of rotatable bonds is 6. The van der Waals surface area contributed by atoms with Crippen molar-refractivity contribution in [1.82, 2.24) is 19.7 Å². The largest absolute Gasteiger partial charge is 0.330 e. The second-order valence-corrected chi connectivity index (χ2v) is 5.03. The summed E-state index contributed by atoms with van der Waals surface area (Å²) in [5.41, 5.74) is 5.87. The molecule has 0 saturated heterocycles. The summed E-state index contributed by atoms with van der Waals surface area (Å²) in [4.78, 5) is 6.50. The van der Waals surface area contributed by atoms with Gasteiger partial charge in [-0.2, -0.15) is 5.10 Å². The van der Waals surface area contributed by atoms with E-state index in [1.54, 1.807) is 6.33 Å². The Labute approximate surface area is 97.6 Å². The molecule has 0 aromatic carbocycles. The molecule has 0 aliphatic heterocycles. The van der Waals surface area contributed by atoms with E-state index in [0.717, 1.165) is 25.5 Å². The van der Waals surface area contributed by atoms with Gasteiger partial charge in [0.2, 0.25) is 0 Å². The van der Waals surface area contributed by atoms with Crippen molar-refractivity contribution in [1.29, 1.82) is 0 Å². The van der Waals surface area contributed by atoms with Crippen LogP contribution in [0.2, 0.25) is 0 Å². The summed E-state index contributed by atoms with van der Waals surface area (Å²) in [7, 11) is 2.09. The van der Waals surface area contributed by atoms with Gasteiger partial charge in [-0.1, -0.05) is 13.8 Å². The average molecular weight is 225 g/mol. The molecular weight excluding hydrogens is 202 g/mol. The van der Waals surface area contributed by atoms with Crippen LogP contribution >= 0.6 is 0 Å². The molecule has 0 amide bonds. The third kappa shape index (κ3) is 3.57. The lowest BCUT2D eigenvalue weighted by molar-refractivity contribution is 0.203. The minimum atomic E-state index is 0.145. The molecule has 16 heavy (non-hydrogen) atoms. The summed E-state index contributed by atoms with van der Waals surface area (Å²) in [5.74, 6) is 1.01. The zero-order valence-electron chi connectivity index (χ0n) is 10.8. The standard InChI is InChI=1S/C11H23N5/c1-5-16-10(13-9-14-16)6-15(4)8-11(2,3)7-12/h9H,5-8,12H2,1-4H3. The smallest absolute Gasteiger partial charge is 0.140 e. The van der Waals surface area contributed by atoms with Gasteiger partial charge in [-0.25, -0.2) is 9.67 Å². The fraction of sp³-hybridized carbons (Fsp3) is 0.818. The molecule has 1 aromatic rings. The van der Waals surface area contributed by atoms with Crippen molar-refractivity contribution in [3.05, 3.63) is 12.2 Å². The summed E-state index contributed by atoms with van der Waals surface area (Å²) in [5, 5.41) is 4.16. The first kappa shape index (κ1) is 13.1. The number of aryl methyl sites for hydroxylation is 1. The summed E-state index contributed by atoms with van der Waals surface area (Å²) < 4.78 is 1.92. The van der Waals surface area contributed by atoms with Crippen molar-refractivity contribution in [2.45, 2.75) is 33.9 Å². The normalized spacial score (nSPS) is 12.4. The van der Waals surface area contributed by atoms with Gasteiger partial charge in [-0.15, -0.1) is 0 Å². The molecule has 0 saturated carbocycles. The zero-order valence-corrected chi connectivity index (χ0v) is 10.8. The lowest BCUT2D eigenvalue weighted by Gasteiger charge is -2.28. The van der Waals surface area contributed by atoms with Gasteiger partial charge in [-0.05, 0) is 25.9 Å². The van der Waals surface area contributed by atoms with Crippen molar-refractivity contribution in [3.63, 3.8) is 0 Å². The Morgan fingerprint density at radius 2 is 2.19 bits per heavy atom. The van der Waals surface area contributed by atoms with E-state index in [2.05, 4.69) is 42.8 Å². The quantitative estimate of drug-likeness (QED) is 0.775. The van der Waals surface area contributed by atoms with Crippen LogP contribution in [0, 0.1) is 5.41 Å². The molecule has 0 aliphatic rings. The van der Waals surface area contributed by atoms with Crippen LogP contribution in [0.3, 0.4) is 0 Å². The van der Waals surface area contributed by atoms with Gasteiger partial charge >= 0.3 is 0 Å². The van der Waals surface area contributed by atoms with Crippen molar-refractivity contribution in [2.75, 3.05) is 20.1 Å². The second-order valence-electron chi connectivity index (χ2n) is 5.03. The molecule has 0 unspecified atom stereocenters. The highest BCUT2D eigenvalue weighted by molar-refractivity contribution is 4.85. The van der Waals surface area contributed by atoms with Gasteiger partial charge in [0.15, 0.2) is 0 Å². The second kappa shape index (κ2) is 5.41. The average Bonchev–Trinajstić information content (AvgIpc) is 2.64. The van der Waals surface area contributed by atoms with Crippen LogP contribution < -0.4 is 5.73 Å². The van der Waals surface area contributed by atoms with E-state index in [-0.39, 0.29) is 5.41 Å². The molecule has 0 radical (unpaired) electrons. The van der Waals surface area contributed by atoms with Crippen molar-refractivity contribution in [2.24, 2.45) is 11.1 Å². The maximum absolute atomic E-state index is 5.72. The van der Waals surface area contributed by atoms with Gasteiger partial charge < -0.3 is 5.73 Å². The number of hydrogen-bond acceptors (Lipinski definition) is 4. The molecule has 1 rings (SSSR count). The van der Waals surface area contributed by atoms with E-state index in [9.17, 15) is 0 Å². The van der Waals surface area contributed by atoms with Crippen LogP contribution in [0.5, 0.6) is 0 Å². The van der Waals surface area contributed by atoms with E-state index >= 15 is 0 Å². The lowest BCUT2D eigenvalue weighted by atomic mass is 9.93. The Morgan fingerprint density at radius 1 is 1.50 bits per heavy atom. The van der Waals surface area contributed by atoms with E-state index in [0.29, 0.717) is 6.54 Å². The number of hydrogen-bond donors (Lipinski definition) is 1. The maximum Gasteiger partial charge on any atom is 0.140 e. The van der Waals surface area contributed by atoms with Gasteiger partial charge in [-0.3, -0.25) is 4.90 Å². The Morgan fingerprint density at radius 3 is 2.75 bits per heavy atom. The molecule has 5 heteroatoms. The highest BCUT2D eigenvalue weighted by atomic mass is 15.3. The third-order valence-electron chi connectivity index (χ3n) is 2.66. The van der Waals surface area contributed by atoms with Gasteiger partial charge in [0.1, 0.15) is 12.2 Å². The highest BCUT2D eigenvalue weighted by Gasteiger charge is 2.19. The Kier molecular flexibility index (Phi) is 4.44. The molecule has 5 nitrogen and oxygen atoms in total. The first-order valence-electron chi connectivity index (χ1n) is 5.74. The number of aromatic nitrogens is 3. The molecule has 2 N–H and O–H groups in total. The lowest BCUT2D eigenvalue weighted by Crippen LogP contribution is -2.36. The number of nitrogens with two attached hydrogens (primary N) is 1. The maximum atomic E-state index is 5.72. The predicted octanol–water partition coefficient (Wildman–Crippen LogP) is 0.715. The molecular formula is C11H23N5. The zero-order chi connectivity index (χ0) is 12.2. The van der Waals surface area contributed by atoms with Crippen LogP contribution in [-0.4, -0.2) is 39.8 Å². The van der Waals surface area contributed by atoms with E-state index in [1.165, 1.54) is 0 Å². The van der Waals surface area contributed by atoms with Crippen molar-refractivity contribution >= 4 is 0 Å². The fourth-order valence-corrected chi connectivity index (χ4v) is 1.77. The SMILES string of the molecule is CCn1ncnc1CN(C)CC(C)(C)CN. The Hall–Kier alpha value is -0.940. The molecule has 1 heterocycles. The third-order valence-corrected chi connectivity index (χ3v) is 2.66. The van der Waals surface area contributed by atoms with Crippen molar-refractivity contribution in [3.8, 4) is 0 Å². The fourth-order valence-electron chi connectivity index (χ4n) is 1.77. The molecule has 92 valence electrons. The van der Waals surface area contributed by atoms with Crippen LogP contribution in [0.1, 0.15) is 26.6 Å².